The highest BCUT2D eigenvalue weighted by molar-refractivity contribution is 5.80. The Labute approximate surface area is 176 Å². The number of rotatable bonds is 5. The van der Waals surface area contributed by atoms with Crippen LogP contribution < -0.4 is 5.56 Å². The lowest BCUT2D eigenvalue weighted by Crippen LogP contribution is -2.25. The number of nitrogens with zero attached hydrogens (tertiary/aromatic N) is 6. The average Bonchev–Trinajstić information content (AvgIpc) is 3.46. The standard InChI is InChI=1S/C22H19N7O2/c1-3-18-23-21-19(13(2)26-31-21)22(30)29(18)12-14-8-10-15(11-9-14)16-6-4-5-7-17(16)20-24-27-28-25-20/h4-11H,3,12H2,1-2H3,(H,24,25,27,28). The third-order valence-corrected chi connectivity index (χ3v) is 5.28. The molecule has 5 aromatic rings. The second-order valence-electron chi connectivity index (χ2n) is 7.20. The van der Waals surface area contributed by atoms with Gasteiger partial charge in [-0.1, -0.05) is 60.6 Å². The number of fused-ring (bicyclic) bond motifs is 1. The van der Waals surface area contributed by atoms with E-state index in [1.165, 1.54) is 0 Å². The molecule has 0 amide bonds. The van der Waals surface area contributed by atoms with Crippen molar-refractivity contribution in [3.63, 3.8) is 0 Å². The van der Waals surface area contributed by atoms with Crippen molar-refractivity contribution in [1.29, 1.82) is 0 Å². The second kappa shape index (κ2) is 7.60. The molecule has 0 unspecified atom stereocenters. The third-order valence-electron chi connectivity index (χ3n) is 5.28. The van der Waals surface area contributed by atoms with Crippen molar-refractivity contribution >= 4 is 11.1 Å². The summed E-state index contributed by atoms with van der Waals surface area (Å²) in [6, 6.07) is 16.0. The Kier molecular flexibility index (Phi) is 4.62. The molecule has 3 aromatic heterocycles. The molecule has 0 aliphatic rings. The van der Waals surface area contributed by atoms with Gasteiger partial charge in [0.2, 0.25) is 5.82 Å². The van der Waals surface area contributed by atoms with Crippen molar-refractivity contribution in [2.24, 2.45) is 0 Å². The van der Waals surface area contributed by atoms with Crippen LogP contribution in [0.4, 0.5) is 0 Å². The fourth-order valence-corrected chi connectivity index (χ4v) is 3.72. The number of hydrogen-bond acceptors (Lipinski definition) is 7. The molecule has 0 radical (unpaired) electrons. The maximum absolute atomic E-state index is 13.1. The molecule has 0 aliphatic carbocycles. The smallest absolute Gasteiger partial charge is 0.267 e. The first-order valence-corrected chi connectivity index (χ1v) is 9.93. The molecule has 0 aliphatic heterocycles. The summed E-state index contributed by atoms with van der Waals surface area (Å²) in [6.45, 7) is 4.13. The van der Waals surface area contributed by atoms with E-state index in [0.29, 0.717) is 41.4 Å². The van der Waals surface area contributed by atoms with Gasteiger partial charge in [0, 0.05) is 12.0 Å². The van der Waals surface area contributed by atoms with E-state index in [4.69, 9.17) is 4.52 Å². The second-order valence-corrected chi connectivity index (χ2v) is 7.20. The highest BCUT2D eigenvalue weighted by atomic mass is 16.5. The molecule has 154 valence electrons. The van der Waals surface area contributed by atoms with Gasteiger partial charge in [-0.3, -0.25) is 9.36 Å². The van der Waals surface area contributed by atoms with Gasteiger partial charge < -0.3 is 4.52 Å². The number of aromatic amines is 1. The van der Waals surface area contributed by atoms with Gasteiger partial charge in [-0.15, -0.1) is 10.2 Å². The normalized spacial score (nSPS) is 11.3. The van der Waals surface area contributed by atoms with Crippen LogP contribution in [0.1, 0.15) is 24.0 Å². The van der Waals surface area contributed by atoms with Crippen LogP contribution in [0.3, 0.4) is 0 Å². The molecule has 0 saturated carbocycles. The first kappa shape index (κ1) is 18.9. The van der Waals surface area contributed by atoms with Crippen molar-refractivity contribution in [3.05, 3.63) is 76.0 Å². The average molecular weight is 413 g/mol. The maximum Gasteiger partial charge on any atom is 0.267 e. The van der Waals surface area contributed by atoms with E-state index in [1.54, 1.807) is 11.5 Å². The lowest BCUT2D eigenvalue weighted by Gasteiger charge is -2.12. The Bertz CT molecular complexity index is 1420. The molecule has 9 heteroatoms. The number of hydrogen-bond donors (Lipinski definition) is 1. The molecular weight excluding hydrogens is 394 g/mol. The Hall–Kier alpha value is -4.14. The maximum atomic E-state index is 13.1. The summed E-state index contributed by atoms with van der Waals surface area (Å²) in [7, 11) is 0. The molecular formula is C22H19N7O2. The molecule has 0 spiro atoms. The number of benzene rings is 2. The van der Waals surface area contributed by atoms with Crippen molar-refractivity contribution in [2.45, 2.75) is 26.8 Å². The summed E-state index contributed by atoms with van der Waals surface area (Å²) in [4.78, 5) is 17.5. The van der Waals surface area contributed by atoms with Crippen molar-refractivity contribution in [2.75, 3.05) is 0 Å². The fourth-order valence-electron chi connectivity index (χ4n) is 3.72. The van der Waals surface area contributed by atoms with Crippen LogP contribution in [-0.2, 0) is 13.0 Å². The monoisotopic (exact) mass is 413 g/mol. The van der Waals surface area contributed by atoms with Crippen molar-refractivity contribution in [1.82, 2.24) is 35.3 Å². The summed E-state index contributed by atoms with van der Waals surface area (Å²) in [5.74, 6) is 1.21. The number of tetrazole rings is 1. The van der Waals surface area contributed by atoms with Crippen LogP contribution in [0, 0.1) is 6.92 Å². The summed E-state index contributed by atoms with van der Waals surface area (Å²) in [5, 5.41) is 18.7. The van der Waals surface area contributed by atoms with Gasteiger partial charge in [-0.2, -0.15) is 10.2 Å². The molecule has 31 heavy (non-hydrogen) atoms. The highest BCUT2D eigenvalue weighted by Crippen LogP contribution is 2.29. The van der Waals surface area contributed by atoms with E-state index in [2.05, 4.69) is 30.8 Å². The van der Waals surface area contributed by atoms with Gasteiger partial charge in [0.15, 0.2) is 0 Å². The van der Waals surface area contributed by atoms with Gasteiger partial charge in [-0.25, -0.2) is 0 Å². The predicted octanol–water partition coefficient (Wildman–Crippen LogP) is 3.15. The largest absolute Gasteiger partial charge is 0.335 e. The lowest BCUT2D eigenvalue weighted by molar-refractivity contribution is 0.440. The van der Waals surface area contributed by atoms with Gasteiger partial charge >= 0.3 is 0 Å². The molecule has 0 atom stereocenters. The highest BCUT2D eigenvalue weighted by Gasteiger charge is 2.16. The van der Waals surface area contributed by atoms with Crippen LogP contribution in [0.2, 0.25) is 0 Å². The van der Waals surface area contributed by atoms with Crippen molar-refractivity contribution in [3.8, 4) is 22.5 Å². The Morgan fingerprint density at radius 2 is 1.84 bits per heavy atom. The zero-order valence-electron chi connectivity index (χ0n) is 17.0. The summed E-state index contributed by atoms with van der Waals surface area (Å²) >= 11 is 0. The Balaban J connectivity index is 1.51. The molecule has 0 saturated heterocycles. The van der Waals surface area contributed by atoms with Gasteiger partial charge in [-0.05, 0) is 28.8 Å². The van der Waals surface area contributed by atoms with Gasteiger partial charge in [0.05, 0.1) is 12.2 Å². The molecule has 0 fully saturated rings. The number of aryl methyl sites for hydroxylation is 2. The van der Waals surface area contributed by atoms with E-state index in [9.17, 15) is 4.79 Å². The first-order chi connectivity index (χ1) is 15.2. The van der Waals surface area contributed by atoms with Crippen LogP contribution in [0.25, 0.3) is 33.6 Å². The predicted molar refractivity (Wildman–Crippen MR) is 114 cm³/mol. The zero-order valence-corrected chi connectivity index (χ0v) is 17.0. The zero-order chi connectivity index (χ0) is 21.4. The number of nitrogens with one attached hydrogen (secondary N) is 1. The molecule has 1 N–H and O–H groups in total. The van der Waals surface area contributed by atoms with E-state index < -0.39 is 0 Å². The van der Waals surface area contributed by atoms with Crippen LogP contribution in [-0.4, -0.2) is 35.3 Å². The van der Waals surface area contributed by atoms with E-state index in [0.717, 1.165) is 22.3 Å². The molecule has 5 rings (SSSR count). The van der Waals surface area contributed by atoms with Gasteiger partial charge in [0.25, 0.3) is 11.3 Å². The molecule has 0 bridgehead atoms. The quantitative estimate of drug-likeness (QED) is 0.470. The van der Waals surface area contributed by atoms with Crippen LogP contribution in [0.15, 0.2) is 57.8 Å². The summed E-state index contributed by atoms with van der Waals surface area (Å²) in [6.07, 6.45) is 0.612. The minimum atomic E-state index is -0.132. The lowest BCUT2D eigenvalue weighted by atomic mass is 9.98. The van der Waals surface area contributed by atoms with E-state index >= 15 is 0 Å². The van der Waals surface area contributed by atoms with E-state index in [-0.39, 0.29) is 5.56 Å². The first-order valence-electron chi connectivity index (χ1n) is 9.93. The summed E-state index contributed by atoms with van der Waals surface area (Å²) < 4.78 is 6.88. The molecule has 3 heterocycles. The summed E-state index contributed by atoms with van der Waals surface area (Å²) in [5.41, 5.74) is 4.63. The van der Waals surface area contributed by atoms with Crippen LogP contribution >= 0.6 is 0 Å². The third kappa shape index (κ3) is 3.29. The number of aromatic nitrogens is 7. The Morgan fingerprint density at radius 3 is 2.55 bits per heavy atom. The molecule has 9 nitrogen and oxygen atoms in total. The topological polar surface area (TPSA) is 115 Å². The van der Waals surface area contributed by atoms with Crippen molar-refractivity contribution < 1.29 is 4.52 Å². The minimum absolute atomic E-state index is 0.132. The van der Waals surface area contributed by atoms with E-state index in [1.807, 2.05) is 55.5 Å². The van der Waals surface area contributed by atoms with Crippen LogP contribution in [0.5, 0.6) is 0 Å². The SMILES string of the molecule is CCc1nc2onc(C)c2c(=O)n1Cc1ccc(-c2ccccc2-c2nn[nH]n2)cc1. The number of H-pyrrole nitrogens is 1. The van der Waals surface area contributed by atoms with Gasteiger partial charge in [0.1, 0.15) is 11.2 Å². The molecule has 2 aromatic carbocycles. The fraction of sp³-hybridized carbons (Fsp3) is 0.182. The Morgan fingerprint density at radius 1 is 1.06 bits per heavy atom. The minimum Gasteiger partial charge on any atom is -0.335 e.